The largest absolute Gasteiger partial charge is 0.354 e. The molecule has 0 spiro atoms. The van der Waals surface area contributed by atoms with E-state index in [-0.39, 0.29) is 0 Å². The van der Waals surface area contributed by atoms with Gasteiger partial charge in [0.25, 0.3) is 0 Å². The first-order chi connectivity index (χ1) is 24.1. The Hall–Kier alpha value is -5.97. The first-order valence-electron chi connectivity index (χ1n) is 16.5. The van der Waals surface area contributed by atoms with Gasteiger partial charge < -0.3 is 9.88 Å². The quantitative estimate of drug-likeness (QED) is 0.175. The minimum absolute atomic E-state index is 0.849. The van der Waals surface area contributed by atoms with Crippen LogP contribution in [0.2, 0.25) is 0 Å². The molecule has 3 nitrogen and oxygen atoms in total. The number of anilines is 3. The lowest BCUT2D eigenvalue weighted by atomic mass is 9.94. The lowest BCUT2D eigenvalue weighted by Gasteiger charge is -2.28. The fourth-order valence-corrected chi connectivity index (χ4v) is 8.05. The van der Waals surface area contributed by atoms with Crippen LogP contribution >= 0.6 is 0 Å². The van der Waals surface area contributed by atoms with E-state index in [0.717, 1.165) is 55.2 Å². The van der Waals surface area contributed by atoms with Crippen molar-refractivity contribution in [1.82, 2.24) is 4.98 Å². The second kappa shape index (κ2) is 11.9. The minimum atomic E-state index is -1.09. The highest BCUT2D eigenvalue weighted by Gasteiger charge is 2.20. The van der Waals surface area contributed by atoms with Gasteiger partial charge >= 0.3 is 0 Å². The Labute approximate surface area is 287 Å². The molecular formula is C45H32N2OS. The van der Waals surface area contributed by atoms with E-state index in [4.69, 9.17) is 0 Å². The van der Waals surface area contributed by atoms with Crippen LogP contribution in [0.25, 0.3) is 66.0 Å². The number of para-hydroxylation sites is 2. The topological polar surface area (TPSA) is 36.1 Å². The summed E-state index contributed by atoms with van der Waals surface area (Å²) < 4.78 is 12.6. The maximum Gasteiger partial charge on any atom is 0.0540 e. The maximum atomic E-state index is 12.6. The molecule has 9 aromatic rings. The van der Waals surface area contributed by atoms with Crippen LogP contribution in [0.4, 0.5) is 17.1 Å². The van der Waals surface area contributed by atoms with Crippen LogP contribution in [-0.4, -0.2) is 15.4 Å². The number of rotatable bonds is 7. The highest BCUT2D eigenvalue weighted by Crippen LogP contribution is 2.44. The normalized spacial score (nSPS) is 12.2. The molecular weight excluding hydrogens is 617 g/mol. The van der Waals surface area contributed by atoms with Crippen molar-refractivity contribution in [1.29, 1.82) is 0 Å². The summed E-state index contributed by atoms with van der Waals surface area (Å²) in [6.45, 7) is 0. The van der Waals surface area contributed by atoms with E-state index in [1.165, 1.54) is 32.7 Å². The molecule has 1 atom stereocenters. The van der Waals surface area contributed by atoms with Crippen LogP contribution in [0.5, 0.6) is 0 Å². The van der Waals surface area contributed by atoms with Gasteiger partial charge in [-0.15, -0.1) is 0 Å². The van der Waals surface area contributed by atoms with Gasteiger partial charge in [-0.05, 0) is 99.3 Å². The standard InChI is InChI=1S/C45H32N2OS/c1-49(48)43-19-11-9-17-39(43)35-27-33-21-20-32-26-34(28-40-44(32)45(33)41(29-35)46-40)38-16-8-10-18-42(38)47(36-14-6-3-7-15-36)37-24-22-31(23-25-37)30-12-4-2-5-13-30/h2-29,46H,1H3. The lowest BCUT2D eigenvalue weighted by molar-refractivity contribution is 0.687. The number of nitrogens with zero attached hydrogens (tertiary/aromatic N) is 1. The number of hydrogen-bond donors (Lipinski definition) is 1. The number of aromatic amines is 1. The van der Waals surface area contributed by atoms with Crippen molar-refractivity contribution in [3.05, 3.63) is 170 Å². The molecule has 0 aliphatic carbocycles. The Kier molecular flexibility index (Phi) is 7.10. The zero-order chi connectivity index (χ0) is 32.9. The highest BCUT2D eigenvalue weighted by atomic mass is 32.2. The third kappa shape index (κ3) is 5.09. The van der Waals surface area contributed by atoms with Gasteiger partial charge in [-0.1, -0.05) is 109 Å². The summed E-state index contributed by atoms with van der Waals surface area (Å²) in [5.41, 5.74) is 12.2. The summed E-state index contributed by atoms with van der Waals surface area (Å²) in [5.74, 6) is 0. The molecule has 0 aliphatic rings. The van der Waals surface area contributed by atoms with E-state index in [1.807, 2.05) is 18.2 Å². The van der Waals surface area contributed by atoms with E-state index < -0.39 is 10.8 Å². The lowest BCUT2D eigenvalue weighted by Crippen LogP contribution is -2.11. The molecule has 1 aromatic heterocycles. The van der Waals surface area contributed by atoms with Crippen LogP contribution in [0.15, 0.2) is 175 Å². The Morgan fingerprint density at radius 2 is 0.980 bits per heavy atom. The Balaban J connectivity index is 1.19. The second-order valence-corrected chi connectivity index (χ2v) is 13.8. The van der Waals surface area contributed by atoms with Gasteiger partial charge in [-0.25, -0.2) is 0 Å². The van der Waals surface area contributed by atoms with E-state index in [9.17, 15) is 4.21 Å². The van der Waals surface area contributed by atoms with Crippen molar-refractivity contribution in [2.45, 2.75) is 4.90 Å². The van der Waals surface area contributed by atoms with Crippen molar-refractivity contribution >= 4 is 60.4 Å². The second-order valence-electron chi connectivity index (χ2n) is 12.5. The van der Waals surface area contributed by atoms with Crippen LogP contribution < -0.4 is 4.90 Å². The first kappa shape index (κ1) is 29.2. The molecule has 4 heteroatoms. The molecule has 0 saturated carbocycles. The van der Waals surface area contributed by atoms with Gasteiger partial charge in [0.05, 0.1) is 16.5 Å². The fourth-order valence-electron chi connectivity index (χ4n) is 7.29. The van der Waals surface area contributed by atoms with Crippen molar-refractivity contribution in [3.63, 3.8) is 0 Å². The van der Waals surface area contributed by atoms with Crippen molar-refractivity contribution in [2.75, 3.05) is 11.2 Å². The average Bonchev–Trinajstić information content (AvgIpc) is 3.54. The third-order valence-corrected chi connectivity index (χ3v) is 10.5. The van der Waals surface area contributed by atoms with Gasteiger partial charge in [-0.2, -0.15) is 0 Å². The van der Waals surface area contributed by atoms with Crippen molar-refractivity contribution in [3.8, 4) is 33.4 Å². The number of benzene rings is 8. The average molecular weight is 649 g/mol. The monoisotopic (exact) mass is 648 g/mol. The molecule has 8 aromatic carbocycles. The SMILES string of the molecule is CS(=O)c1ccccc1-c1cc2ccc3cc(-c4ccccc4N(c4ccccc4)c4ccc(-c5ccccc5)cc4)cc4[nH]c(c1)c2c34. The first-order valence-corrected chi connectivity index (χ1v) is 18.0. The Morgan fingerprint density at radius 1 is 0.469 bits per heavy atom. The predicted octanol–water partition coefficient (Wildman–Crippen LogP) is 12.1. The van der Waals surface area contributed by atoms with Gasteiger partial charge in [0, 0.05) is 49.9 Å². The number of aromatic nitrogens is 1. The molecule has 0 fully saturated rings. The molecule has 1 N–H and O–H groups in total. The molecule has 1 heterocycles. The Morgan fingerprint density at radius 3 is 1.63 bits per heavy atom. The van der Waals surface area contributed by atoms with E-state index >= 15 is 0 Å². The zero-order valence-electron chi connectivity index (χ0n) is 26.9. The van der Waals surface area contributed by atoms with E-state index in [0.29, 0.717) is 0 Å². The zero-order valence-corrected chi connectivity index (χ0v) is 27.7. The summed E-state index contributed by atoms with van der Waals surface area (Å²) >= 11 is 0. The molecule has 1 unspecified atom stereocenters. The van der Waals surface area contributed by atoms with Crippen LogP contribution in [-0.2, 0) is 10.8 Å². The van der Waals surface area contributed by atoms with Crippen LogP contribution in [0.3, 0.4) is 0 Å². The van der Waals surface area contributed by atoms with Crippen molar-refractivity contribution in [2.24, 2.45) is 0 Å². The van der Waals surface area contributed by atoms with E-state index in [2.05, 4.69) is 162 Å². The van der Waals surface area contributed by atoms with Crippen LogP contribution in [0.1, 0.15) is 0 Å². The maximum absolute atomic E-state index is 12.6. The number of H-pyrrole nitrogens is 1. The smallest absolute Gasteiger partial charge is 0.0540 e. The Bertz CT molecular complexity index is 2630. The molecule has 0 amide bonds. The number of hydrogen-bond acceptors (Lipinski definition) is 2. The van der Waals surface area contributed by atoms with Gasteiger partial charge in [-0.3, -0.25) is 4.21 Å². The van der Waals surface area contributed by atoms with Gasteiger partial charge in [0.15, 0.2) is 0 Å². The van der Waals surface area contributed by atoms with Gasteiger partial charge in [0.1, 0.15) is 0 Å². The molecule has 234 valence electrons. The molecule has 49 heavy (non-hydrogen) atoms. The summed E-state index contributed by atoms with van der Waals surface area (Å²) in [6.07, 6.45) is 1.74. The molecule has 0 saturated heterocycles. The molecule has 9 rings (SSSR count). The third-order valence-electron chi connectivity index (χ3n) is 9.51. The summed E-state index contributed by atoms with van der Waals surface area (Å²) in [5, 5.41) is 4.84. The predicted molar refractivity (Wildman–Crippen MR) is 208 cm³/mol. The van der Waals surface area contributed by atoms with Crippen molar-refractivity contribution < 1.29 is 4.21 Å². The summed E-state index contributed by atoms with van der Waals surface area (Å²) in [7, 11) is -1.09. The number of nitrogens with one attached hydrogen (secondary N) is 1. The molecule has 0 radical (unpaired) electrons. The fraction of sp³-hybridized carbons (Fsp3) is 0.0222. The highest BCUT2D eigenvalue weighted by molar-refractivity contribution is 7.84. The van der Waals surface area contributed by atoms with Gasteiger partial charge in [0.2, 0.25) is 0 Å². The molecule has 0 bridgehead atoms. The summed E-state index contributed by atoms with van der Waals surface area (Å²) in [6, 6.07) is 60.1. The minimum Gasteiger partial charge on any atom is -0.354 e. The summed E-state index contributed by atoms with van der Waals surface area (Å²) in [4.78, 5) is 6.97. The van der Waals surface area contributed by atoms with Crippen LogP contribution in [0, 0.1) is 0 Å². The van der Waals surface area contributed by atoms with E-state index in [1.54, 1.807) is 6.26 Å². The molecule has 0 aliphatic heterocycles.